The molecule has 1 aromatic carbocycles. The van der Waals surface area contributed by atoms with Crippen molar-refractivity contribution in [3.8, 4) is 6.07 Å². The van der Waals surface area contributed by atoms with Crippen LogP contribution in [-0.2, 0) is 0 Å². The molecule has 0 aromatic heterocycles. The van der Waals surface area contributed by atoms with E-state index in [-0.39, 0.29) is 5.69 Å². The first-order valence-electron chi connectivity index (χ1n) is 5.30. The molecule has 0 aliphatic heterocycles. The Kier molecular flexibility index (Phi) is 5.74. The average molecular weight is 263 g/mol. The number of thioether (sulfide) groups is 1. The summed E-state index contributed by atoms with van der Waals surface area (Å²) in [5.74, 6) is 1.67. The molecule has 1 aromatic rings. The highest BCUT2D eigenvalue weighted by Gasteiger charge is 2.13. The van der Waals surface area contributed by atoms with Crippen LogP contribution in [0.3, 0.4) is 0 Å². The maximum absolute atomic E-state index is 10.8. The molecule has 0 saturated carbocycles. The van der Waals surface area contributed by atoms with Crippen LogP contribution in [-0.4, -0.2) is 23.0 Å². The predicted molar refractivity (Wildman–Crippen MR) is 73.8 cm³/mol. The molecule has 5 nitrogen and oxygen atoms in total. The lowest BCUT2D eigenvalue weighted by Crippen LogP contribution is -2.06. The van der Waals surface area contributed by atoms with Gasteiger partial charge in [-0.1, -0.05) is 6.08 Å². The lowest BCUT2D eigenvalue weighted by Gasteiger charge is -2.06. The Morgan fingerprint density at radius 2 is 2.39 bits per heavy atom. The van der Waals surface area contributed by atoms with Gasteiger partial charge in [-0.3, -0.25) is 10.1 Å². The largest absolute Gasteiger partial charge is 0.379 e. The second kappa shape index (κ2) is 7.35. The van der Waals surface area contributed by atoms with Crippen molar-refractivity contribution in [2.24, 2.45) is 0 Å². The van der Waals surface area contributed by atoms with E-state index in [1.54, 1.807) is 11.8 Å². The van der Waals surface area contributed by atoms with Crippen molar-refractivity contribution in [2.45, 2.75) is 0 Å². The van der Waals surface area contributed by atoms with Gasteiger partial charge in [-0.25, -0.2) is 0 Å². The van der Waals surface area contributed by atoms with Crippen LogP contribution in [0.5, 0.6) is 0 Å². The van der Waals surface area contributed by atoms with E-state index < -0.39 is 4.92 Å². The number of benzene rings is 1. The van der Waals surface area contributed by atoms with Crippen LogP contribution in [0.4, 0.5) is 11.4 Å². The van der Waals surface area contributed by atoms with Gasteiger partial charge in [0.25, 0.3) is 5.69 Å². The SMILES string of the molecule is C=CCSCCNc1cc(C#N)ccc1[N+](=O)[O-]. The van der Waals surface area contributed by atoms with Crippen molar-refractivity contribution in [3.05, 3.63) is 46.5 Å². The van der Waals surface area contributed by atoms with E-state index in [0.29, 0.717) is 17.8 Å². The second-order valence-electron chi connectivity index (χ2n) is 3.39. The first kappa shape index (κ1) is 14.1. The van der Waals surface area contributed by atoms with E-state index in [0.717, 1.165) is 11.5 Å². The van der Waals surface area contributed by atoms with Gasteiger partial charge in [0.05, 0.1) is 16.6 Å². The quantitative estimate of drug-likeness (QED) is 0.354. The molecule has 1 rings (SSSR count). The molecule has 1 N–H and O–H groups in total. The topological polar surface area (TPSA) is 79.0 Å². The number of nitrogens with one attached hydrogen (secondary N) is 1. The molecule has 0 aliphatic rings. The highest BCUT2D eigenvalue weighted by atomic mass is 32.2. The summed E-state index contributed by atoms with van der Waals surface area (Å²) in [5.41, 5.74) is 0.780. The van der Waals surface area contributed by atoms with Crippen LogP contribution in [0.1, 0.15) is 5.56 Å². The summed E-state index contributed by atoms with van der Waals surface area (Å²) in [6.07, 6.45) is 1.81. The van der Waals surface area contributed by atoms with Crippen LogP contribution in [0.15, 0.2) is 30.9 Å². The van der Waals surface area contributed by atoms with Gasteiger partial charge in [-0.05, 0) is 12.1 Å². The zero-order chi connectivity index (χ0) is 13.4. The van der Waals surface area contributed by atoms with E-state index in [9.17, 15) is 10.1 Å². The lowest BCUT2D eigenvalue weighted by atomic mass is 10.2. The van der Waals surface area contributed by atoms with E-state index in [1.807, 2.05) is 12.1 Å². The van der Waals surface area contributed by atoms with Gasteiger partial charge < -0.3 is 5.32 Å². The van der Waals surface area contributed by atoms with Crippen LogP contribution in [0.2, 0.25) is 0 Å². The summed E-state index contributed by atoms with van der Waals surface area (Å²) in [7, 11) is 0. The third-order valence-corrected chi connectivity index (χ3v) is 3.08. The van der Waals surface area contributed by atoms with Gasteiger partial charge in [0.1, 0.15) is 5.69 Å². The lowest BCUT2D eigenvalue weighted by molar-refractivity contribution is -0.384. The van der Waals surface area contributed by atoms with E-state index >= 15 is 0 Å². The summed E-state index contributed by atoms with van der Waals surface area (Å²) in [6, 6.07) is 6.24. The van der Waals surface area contributed by atoms with Crippen molar-refractivity contribution >= 4 is 23.1 Å². The van der Waals surface area contributed by atoms with Crippen molar-refractivity contribution in [1.82, 2.24) is 0 Å². The van der Waals surface area contributed by atoms with Crippen LogP contribution in [0, 0.1) is 21.4 Å². The zero-order valence-corrected chi connectivity index (χ0v) is 10.6. The third kappa shape index (κ3) is 4.11. The molecule has 0 heterocycles. The maximum atomic E-state index is 10.8. The highest BCUT2D eigenvalue weighted by Crippen LogP contribution is 2.25. The van der Waals surface area contributed by atoms with Crippen molar-refractivity contribution in [3.63, 3.8) is 0 Å². The Morgan fingerprint density at radius 3 is 3.00 bits per heavy atom. The number of nitro groups is 1. The summed E-state index contributed by atoms with van der Waals surface area (Å²) in [6.45, 7) is 4.22. The Morgan fingerprint density at radius 1 is 1.61 bits per heavy atom. The molecule has 0 amide bonds. The van der Waals surface area contributed by atoms with Gasteiger partial charge in [-0.15, -0.1) is 6.58 Å². The molecule has 0 radical (unpaired) electrons. The van der Waals surface area contributed by atoms with Gasteiger partial charge in [0.2, 0.25) is 0 Å². The number of anilines is 1. The fourth-order valence-electron chi connectivity index (χ4n) is 1.33. The Balaban J connectivity index is 2.69. The van der Waals surface area contributed by atoms with Crippen molar-refractivity contribution in [1.29, 1.82) is 5.26 Å². The normalized spacial score (nSPS) is 9.50. The number of hydrogen-bond acceptors (Lipinski definition) is 5. The number of nitriles is 1. The Bertz CT molecular complexity index is 483. The Labute approximate surface area is 110 Å². The molecular weight excluding hydrogens is 250 g/mol. The fourth-order valence-corrected chi connectivity index (χ4v) is 1.91. The molecule has 0 bridgehead atoms. The number of nitro benzene ring substituents is 1. The maximum Gasteiger partial charge on any atom is 0.292 e. The molecular formula is C12H13N3O2S. The number of hydrogen-bond donors (Lipinski definition) is 1. The van der Waals surface area contributed by atoms with Crippen molar-refractivity contribution in [2.75, 3.05) is 23.4 Å². The summed E-state index contributed by atoms with van der Waals surface area (Å²) in [5, 5.41) is 22.6. The van der Waals surface area contributed by atoms with Crippen LogP contribution < -0.4 is 5.32 Å². The third-order valence-electron chi connectivity index (χ3n) is 2.12. The molecule has 0 fully saturated rings. The predicted octanol–water partition coefficient (Wildman–Crippen LogP) is 2.80. The Hall–Kier alpha value is -2.00. The minimum atomic E-state index is -0.458. The summed E-state index contributed by atoms with van der Waals surface area (Å²) >= 11 is 1.68. The smallest absolute Gasteiger partial charge is 0.292 e. The molecule has 0 aliphatic carbocycles. The minimum absolute atomic E-state index is 0.0114. The number of nitrogens with zero attached hydrogens (tertiary/aromatic N) is 2. The molecule has 0 atom stereocenters. The van der Waals surface area contributed by atoms with Crippen LogP contribution >= 0.6 is 11.8 Å². The van der Waals surface area contributed by atoms with E-state index in [4.69, 9.17) is 5.26 Å². The van der Waals surface area contributed by atoms with Gasteiger partial charge in [0, 0.05) is 24.1 Å². The van der Waals surface area contributed by atoms with Crippen molar-refractivity contribution < 1.29 is 4.92 Å². The highest BCUT2D eigenvalue weighted by molar-refractivity contribution is 7.99. The van der Waals surface area contributed by atoms with E-state index in [1.165, 1.54) is 18.2 Å². The average Bonchev–Trinajstić information content (AvgIpc) is 2.38. The number of rotatable bonds is 7. The summed E-state index contributed by atoms with van der Waals surface area (Å²) in [4.78, 5) is 10.4. The standard InChI is InChI=1S/C12H13N3O2S/c1-2-6-18-7-5-14-11-8-10(9-13)3-4-12(11)15(16)17/h2-4,8,14H,1,5-7H2. The van der Waals surface area contributed by atoms with Gasteiger partial charge in [0.15, 0.2) is 0 Å². The summed E-state index contributed by atoms with van der Waals surface area (Å²) < 4.78 is 0. The molecule has 94 valence electrons. The first-order chi connectivity index (χ1) is 8.69. The molecule has 0 saturated heterocycles. The van der Waals surface area contributed by atoms with Gasteiger partial charge in [-0.2, -0.15) is 17.0 Å². The van der Waals surface area contributed by atoms with E-state index in [2.05, 4.69) is 11.9 Å². The zero-order valence-electron chi connectivity index (χ0n) is 9.76. The second-order valence-corrected chi connectivity index (χ2v) is 4.54. The molecule has 18 heavy (non-hydrogen) atoms. The van der Waals surface area contributed by atoms with Crippen LogP contribution in [0.25, 0.3) is 0 Å². The van der Waals surface area contributed by atoms with Gasteiger partial charge >= 0.3 is 0 Å². The molecule has 0 spiro atoms. The molecule has 6 heteroatoms. The monoisotopic (exact) mass is 263 g/mol. The fraction of sp³-hybridized carbons (Fsp3) is 0.250. The minimum Gasteiger partial charge on any atom is -0.379 e. The first-order valence-corrected chi connectivity index (χ1v) is 6.45. The molecule has 0 unspecified atom stereocenters.